The second-order valence-electron chi connectivity index (χ2n) is 2.89. The van der Waals surface area contributed by atoms with E-state index < -0.39 is 5.91 Å². The van der Waals surface area contributed by atoms with Crippen molar-refractivity contribution in [2.24, 2.45) is 5.73 Å². The number of carbonyl (C=O) groups is 1. The number of aromatic nitrogens is 6. The summed E-state index contributed by atoms with van der Waals surface area (Å²) in [5.41, 5.74) is 4.98. The van der Waals surface area contributed by atoms with Crippen LogP contribution in [0.4, 0.5) is 5.95 Å². The Morgan fingerprint density at radius 2 is 2.29 bits per heavy atom. The highest BCUT2D eigenvalue weighted by Gasteiger charge is 2.07. The Morgan fingerprint density at radius 1 is 1.47 bits per heavy atom. The van der Waals surface area contributed by atoms with Gasteiger partial charge in [0.05, 0.1) is 6.54 Å². The summed E-state index contributed by atoms with van der Waals surface area (Å²) in [6.45, 7) is -0.100. The van der Waals surface area contributed by atoms with E-state index in [9.17, 15) is 4.79 Å². The third-order valence-electron chi connectivity index (χ3n) is 1.64. The average Bonchev–Trinajstić information content (AvgIpc) is 2.79. The van der Waals surface area contributed by atoms with Crippen molar-refractivity contribution in [3.05, 3.63) is 17.9 Å². The molecular weight excluding hydrogens is 248 g/mol. The first-order valence-corrected chi connectivity index (χ1v) is 4.81. The van der Waals surface area contributed by atoms with Gasteiger partial charge in [0.25, 0.3) is 5.95 Å². The zero-order valence-electron chi connectivity index (χ0n) is 8.41. The van der Waals surface area contributed by atoms with Crippen molar-refractivity contribution >= 4 is 23.5 Å². The fraction of sp³-hybridized carbons (Fsp3) is 0.143. The molecule has 0 spiro atoms. The highest BCUT2D eigenvalue weighted by Crippen LogP contribution is 2.07. The average molecular weight is 255 g/mol. The molecule has 2 rings (SSSR count). The third kappa shape index (κ3) is 2.84. The monoisotopic (exact) mass is 254 g/mol. The molecule has 2 aromatic heterocycles. The molecule has 1 amide bonds. The molecule has 0 aliphatic carbocycles. The summed E-state index contributed by atoms with van der Waals surface area (Å²) < 4.78 is 1.31. The SMILES string of the molecule is NC(=O)CNc1nc(Cl)nc(-n2cncn2)n1. The minimum atomic E-state index is -0.538. The lowest BCUT2D eigenvalue weighted by Gasteiger charge is -2.04. The number of anilines is 1. The first-order chi connectivity index (χ1) is 8.15. The number of nitrogens with two attached hydrogens (primary N) is 1. The van der Waals surface area contributed by atoms with Crippen LogP contribution in [0.25, 0.3) is 5.95 Å². The van der Waals surface area contributed by atoms with E-state index in [2.05, 4.69) is 30.4 Å². The van der Waals surface area contributed by atoms with E-state index in [4.69, 9.17) is 17.3 Å². The summed E-state index contributed by atoms with van der Waals surface area (Å²) in [5.74, 6) is -0.215. The van der Waals surface area contributed by atoms with E-state index in [1.807, 2.05) is 0 Å². The molecule has 10 heteroatoms. The molecule has 0 unspecified atom stereocenters. The van der Waals surface area contributed by atoms with Crippen LogP contribution < -0.4 is 11.1 Å². The molecule has 2 heterocycles. The van der Waals surface area contributed by atoms with Crippen molar-refractivity contribution in [3.63, 3.8) is 0 Å². The van der Waals surface area contributed by atoms with Gasteiger partial charge in [-0.2, -0.15) is 24.7 Å². The van der Waals surface area contributed by atoms with E-state index in [-0.39, 0.29) is 23.7 Å². The summed E-state index contributed by atoms with van der Waals surface area (Å²) >= 11 is 5.70. The molecular formula is C7H7ClN8O. The highest BCUT2D eigenvalue weighted by atomic mass is 35.5. The third-order valence-corrected chi connectivity index (χ3v) is 1.81. The molecule has 0 aliphatic heterocycles. The maximum Gasteiger partial charge on any atom is 0.258 e. The van der Waals surface area contributed by atoms with Gasteiger partial charge in [0.15, 0.2) is 0 Å². The summed E-state index contributed by atoms with van der Waals surface area (Å²) in [6.07, 6.45) is 2.73. The Balaban J connectivity index is 2.26. The Bertz CT molecular complexity index is 527. The summed E-state index contributed by atoms with van der Waals surface area (Å²) in [4.78, 5) is 26.0. The number of nitrogens with one attached hydrogen (secondary N) is 1. The van der Waals surface area contributed by atoms with Crippen molar-refractivity contribution in [3.8, 4) is 5.95 Å². The maximum absolute atomic E-state index is 10.6. The van der Waals surface area contributed by atoms with E-state index >= 15 is 0 Å². The molecule has 17 heavy (non-hydrogen) atoms. The van der Waals surface area contributed by atoms with Crippen molar-refractivity contribution in [1.82, 2.24) is 29.7 Å². The van der Waals surface area contributed by atoms with E-state index in [0.29, 0.717) is 0 Å². The van der Waals surface area contributed by atoms with Crippen molar-refractivity contribution < 1.29 is 4.79 Å². The number of hydrogen-bond donors (Lipinski definition) is 2. The second-order valence-corrected chi connectivity index (χ2v) is 3.23. The highest BCUT2D eigenvalue weighted by molar-refractivity contribution is 6.28. The molecule has 0 bridgehead atoms. The van der Waals surface area contributed by atoms with Crippen LogP contribution in [-0.4, -0.2) is 42.2 Å². The van der Waals surface area contributed by atoms with Crippen LogP contribution >= 0.6 is 11.6 Å². The van der Waals surface area contributed by atoms with Crippen LogP contribution in [0.5, 0.6) is 0 Å². The van der Waals surface area contributed by atoms with Gasteiger partial charge in [-0.05, 0) is 11.6 Å². The lowest BCUT2D eigenvalue weighted by molar-refractivity contribution is -0.116. The van der Waals surface area contributed by atoms with Gasteiger partial charge in [0.1, 0.15) is 12.7 Å². The quantitative estimate of drug-likeness (QED) is 0.717. The second kappa shape index (κ2) is 4.70. The molecule has 0 aromatic carbocycles. The number of rotatable bonds is 4. The number of carbonyl (C=O) groups excluding carboxylic acids is 1. The van der Waals surface area contributed by atoms with E-state index in [1.54, 1.807) is 0 Å². The van der Waals surface area contributed by atoms with Crippen molar-refractivity contribution in [1.29, 1.82) is 0 Å². The van der Waals surface area contributed by atoms with E-state index in [1.165, 1.54) is 17.3 Å². The van der Waals surface area contributed by atoms with Crippen LogP contribution in [0.15, 0.2) is 12.7 Å². The predicted molar refractivity (Wildman–Crippen MR) is 57.4 cm³/mol. The fourth-order valence-electron chi connectivity index (χ4n) is 0.999. The fourth-order valence-corrected chi connectivity index (χ4v) is 1.15. The number of hydrogen-bond acceptors (Lipinski definition) is 7. The molecule has 0 radical (unpaired) electrons. The Labute approximate surface area is 100 Å². The van der Waals surface area contributed by atoms with Gasteiger partial charge in [-0.3, -0.25) is 4.79 Å². The molecule has 0 fully saturated rings. The van der Waals surface area contributed by atoms with Gasteiger partial charge in [-0.1, -0.05) is 0 Å². The topological polar surface area (TPSA) is 125 Å². The number of nitrogens with zero attached hydrogens (tertiary/aromatic N) is 6. The van der Waals surface area contributed by atoms with Crippen molar-refractivity contribution in [2.45, 2.75) is 0 Å². The molecule has 0 atom stereocenters. The minimum absolute atomic E-state index is 0.0301. The molecule has 0 saturated carbocycles. The minimum Gasteiger partial charge on any atom is -0.368 e. The largest absolute Gasteiger partial charge is 0.368 e. The smallest absolute Gasteiger partial charge is 0.258 e. The number of halogens is 1. The van der Waals surface area contributed by atoms with Gasteiger partial charge in [0, 0.05) is 0 Å². The van der Waals surface area contributed by atoms with Gasteiger partial charge in [-0.25, -0.2) is 4.98 Å². The number of amides is 1. The normalized spacial score (nSPS) is 10.2. The molecule has 3 N–H and O–H groups in total. The molecule has 88 valence electrons. The standard InChI is InChI=1S/C7H7ClN8O/c8-5-13-6(11-1-4(9)17)15-7(14-5)16-3-10-2-12-16/h2-3H,1H2,(H2,9,17)(H,11,13,14,15). The lowest BCUT2D eigenvalue weighted by atomic mass is 10.6. The molecule has 2 aromatic rings. The van der Waals surface area contributed by atoms with Crippen LogP contribution in [0.2, 0.25) is 5.28 Å². The number of primary amides is 1. The Morgan fingerprint density at radius 3 is 2.94 bits per heavy atom. The molecule has 9 nitrogen and oxygen atoms in total. The lowest BCUT2D eigenvalue weighted by Crippen LogP contribution is -2.23. The Hall–Kier alpha value is -2.29. The zero-order valence-corrected chi connectivity index (χ0v) is 9.16. The van der Waals surface area contributed by atoms with Crippen LogP contribution in [-0.2, 0) is 4.79 Å². The maximum atomic E-state index is 10.6. The summed E-state index contributed by atoms with van der Waals surface area (Å²) in [6, 6.07) is 0. The summed E-state index contributed by atoms with van der Waals surface area (Å²) in [7, 11) is 0. The first-order valence-electron chi connectivity index (χ1n) is 4.44. The first kappa shape index (κ1) is 11.2. The predicted octanol–water partition coefficient (Wildman–Crippen LogP) is -0.997. The van der Waals surface area contributed by atoms with Crippen LogP contribution in [0, 0.1) is 0 Å². The summed E-state index contributed by atoms with van der Waals surface area (Å²) in [5, 5.41) is 6.41. The van der Waals surface area contributed by atoms with Gasteiger partial charge in [-0.15, -0.1) is 0 Å². The molecule has 0 saturated heterocycles. The van der Waals surface area contributed by atoms with Crippen LogP contribution in [0.1, 0.15) is 0 Å². The Kier molecular flexibility index (Phi) is 3.10. The van der Waals surface area contributed by atoms with Crippen molar-refractivity contribution in [2.75, 3.05) is 11.9 Å². The van der Waals surface area contributed by atoms with Gasteiger partial charge in [0.2, 0.25) is 17.1 Å². The molecule has 0 aliphatic rings. The van der Waals surface area contributed by atoms with Gasteiger partial charge >= 0.3 is 0 Å². The van der Waals surface area contributed by atoms with Crippen LogP contribution in [0.3, 0.4) is 0 Å². The van der Waals surface area contributed by atoms with Gasteiger partial charge < -0.3 is 11.1 Å². The van der Waals surface area contributed by atoms with E-state index in [0.717, 1.165) is 0 Å². The zero-order chi connectivity index (χ0) is 12.3.